The Kier molecular flexibility index (Phi) is 5.20. The summed E-state index contributed by atoms with van der Waals surface area (Å²) in [7, 11) is -3.42. The highest BCUT2D eigenvalue weighted by Crippen LogP contribution is 2.36. The monoisotopic (exact) mass is 344 g/mol. The molecule has 118 valence electrons. The fraction of sp³-hybridized carbons (Fsp3) is 0.214. The van der Waals surface area contributed by atoms with Crippen molar-refractivity contribution in [2.45, 2.75) is 0 Å². The molecular formula is C14H14ClFN2O3S. The van der Waals surface area contributed by atoms with Crippen LogP contribution in [0.25, 0.3) is 11.1 Å². The van der Waals surface area contributed by atoms with E-state index in [-0.39, 0.29) is 6.61 Å². The molecule has 5 nitrogen and oxygen atoms in total. The van der Waals surface area contributed by atoms with E-state index in [0.29, 0.717) is 27.6 Å². The van der Waals surface area contributed by atoms with E-state index in [0.717, 1.165) is 6.26 Å². The fourth-order valence-corrected chi connectivity index (χ4v) is 2.63. The molecule has 0 bridgehead atoms. The van der Waals surface area contributed by atoms with Gasteiger partial charge >= 0.3 is 0 Å². The summed E-state index contributed by atoms with van der Waals surface area (Å²) in [5.74, 6) is 0.321. The molecule has 2 rings (SSSR count). The minimum absolute atomic E-state index is 0.146. The van der Waals surface area contributed by atoms with Crippen molar-refractivity contribution >= 4 is 27.3 Å². The molecule has 1 aromatic heterocycles. The number of ether oxygens (including phenoxy) is 1. The molecule has 8 heteroatoms. The predicted molar refractivity (Wildman–Crippen MR) is 84.6 cm³/mol. The van der Waals surface area contributed by atoms with Gasteiger partial charge in [0.25, 0.3) is 0 Å². The molecule has 0 aliphatic carbocycles. The van der Waals surface area contributed by atoms with Crippen molar-refractivity contribution in [2.24, 2.45) is 0 Å². The molecule has 0 radical (unpaired) electrons. The van der Waals surface area contributed by atoms with Crippen LogP contribution in [0.5, 0.6) is 5.75 Å². The van der Waals surface area contributed by atoms with Crippen LogP contribution in [-0.4, -0.2) is 32.9 Å². The largest absolute Gasteiger partial charge is 0.490 e. The molecule has 2 aromatic rings. The van der Waals surface area contributed by atoms with E-state index in [1.807, 2.05) is 0 Å². The van der Waals surface area contributed by atoms with Crippen LogP contribution in [0.1, 0.15) is 0 Å². The molecule has 1 N–H and O–H groups in total. The van der Waals surface area contributed by atoms with E-state index >= 15 is 0 Å². The molecule has 0 saturated carbocycles. The second-order valence-corrected chi connectivity index (χ2v) is 6.63. The number of hydrogen-bond donors (Lipinski definition) is 1. The molecule has 0 fully saturated rings. The Labute approximate surface area is 133 Å². The molecule has 0 amide bonds. The van der Waals surface area contributed by atoms with Gasteiger partial charge in [-0.25, -0.2) is 12.8 Å². The third kappa shape index (κ3) is 4.32. The first-order valence-corrected chi connectivity index (χ1v) is 8.58. The Morgan fingerprint density at radius 2 is 2.09 bits per heavy atom. The highest BCUT2D eigenvalue weighted by Gasteiger charge is 2.12. The number of hydrogen-bond acceptors (Lipinski definition) is 4. The lowest BCUT2D eigenvalue weighted by Gasteiger charge is -2.14. The van der Waals surface area contributed by atoms with E-state index in [2.05, 4.69) is 9.71 Å². The summed E-state index contributed by atoms with van der Waals surface area (Å²) in [5, 5.41) is 0.462. The highest BCUT2D eigenvalue weighted by atomic mass is 35.5. The minimum atomic E-state index is -3.42. The summed E-state index contributed by atoms with van der Waals surface area (Å²) in [4.78, 5) is 4.00. The van der Waals surface area contributed by atoms with Gasteiger partial charge in [0, 0.05) is 29.6 Å². The SMILES string of the molecule is CS(=O)(=O)Nc1ccc(-c2cnccc2Cl)c(OCCF)c1. The van der Waals surface area contributed by atoms with E-state index in [1.165, 1.54) is 6.07 Å². The Hall–Kier alpha value is -1.86. The number of halogens is 2. The molecule has 0 atom stereocenters. The van der Waals surface area contributed by atoms with Crippen molar-refractivity contribution in [3.8, 4) is 16.9 Å². The maximum Gasteiger partial charge on any atom is 0.229 e. The molecule has 0 spiro atoms. The summed E-state index contributed by atoms with van der Waals surface area (Å²) >= 11 is 6.13. The second kappa shape index (κ2) is 6.93. The van der Waals surface area contributed by atoms with Gasteiger partial charge in [-0.1, -0.05) is 11.6 Å². The zero-order valence-electron chi connectivity index (χ0n) is 11.7. The van der Waals surface area contributed by atoms with Gasteiger partial charge in [-0.3, -0.25) is 9.71 Å². The van der Waals surface area contributed by atoms with E-state index in [1.54, 1.807) is 30.6 Å². The number of aromatic nitrogens is 1. The minimum Gasteiger partial charge on any atom is -0.490 e. The van der Waals surface area contributed by atoms with Gasteiger partial charge in [0.15, 0.2) is 0 Å². The van der Waals surface area contributed by atoms with Gasteiger partial charge in [-0.15, -0.1) is 0 Å². The van der Waals surface area contributed by atoms with Gasteiger partial charge in [0.1, 0.15) is 19.0 Å². The average Bonchev–Trinajstić information content (AvgIpc) is 2.44. The average molecular weight is 345 g/mol. The zero-order chi connectivity index (χ0) is 16.2. The van der Waals surface area contributed by atoms with Crippen LogP contribution in [0.3, 0.4) is 0 Å². The predicted octanol–water partition coefficient (Wildman–Crippen LogP) is 3.12. The molecular weight excluding hydrogens is 331 g/mol. The molecule has 0 aliphatic rings. The first-order chi connectivity index (χ1) is 10.4. The summed E-state index contributed by atoms with van der Waals surface area (Å²) in [5.41, 5.74) is 1.54. The Morgan fingerprint density at radius 3 is 2.73 bits per heavy atom. The highest BCUT2D eigenvalue weighted by molar-refractivity contribution is 7.92. The van der Waals surface area contributed by atoms with E-state index < -0.39 is 16.7 Å². The molecule has 22 heavy (non-hydrogen) atoms. The zero-order valence-corrected chi connectivity index (χ0v) is 13.3. The van der Waals surface area contributed by atoms with Gasteiger partial charge < -0.3 is 4.74 Å². The smallest absolute Gasteiger partial charge is 0.229 e. The summed E-state index contributed by atoms with van der Waals surface area (Å²) in [6.45, 7) is -0.808. The number of rotatable bonds is 6. The van der Waals surface area contributed by atoms with Gasteiger partial charge in [0.2, 0.25) is 10.0 Å². The first kappa shape index (κ1) is 16.5. The third-order valence-corrected chi connectivity index (χ3v) is 3.61. The van der Waals surface area contributed by atoms with Crippen LogP contribution in [0, 0.1) is 0 Å². The summed E-state index contributed by atoms with van der Waals surface area (Å²) in [6.07, 6.45) is 4.15. The van der Waals surface area contributed by atoms with Crippen LogP contribution >= 0.6 is 11.6 Å². The van der Waals surface area contributed by atoms with Gasteiger partial charge in [0.05, 0.1) is 17.0 Å². The summed E-state index contributed by atoms with van der Waals surface area (Å²) < 4.78 is 42.7. The van der Waals surface area contributed by atoms with E-state index in [4.69, 9.17) is 16.3 Å². The Morgan fingerprint density at radius 1 is 1.32 bits per heavy atom. The van der Waals surface area contributed by atoms with Crippen molar-refractivity contribution in [3.05, 3.63) is 41.7 Å². The number of alkyl halides is 1. The number of benzene rings is 1. The summed E-state index contributed by atoms with van der Waals surface area (Å²) in [6, 6.07) is 6.32. The quantitative estimate of drug-likeness (QED) is 0.874. The molecule has 1 heterocycles. The first-order valence-electron chi connectivity index (χ1n) is 6.31. The van der Waals surface area contributed by atoms with Crippen LogP contribution in [0.4, 0.5) is 10.1 Å². The lowest BCUT2D eigenvalue weighted by Crippen LogP contribution is -2.10. The van der Waals surface area contributed by atoms with Crippen molar-refractivity contribution < 1.29 is 17.5 Å². The Bertz CT molecular complexity index is 768. The fourth-order valence-electron chi connectivity index (χ4n) is 1.87. The number of pyridine rings is 1. The normalized spacial score (nSPS) is 11.2. The second-order valence-electron chi connectivity index (χ2n) is 4.48. The lowest BCUT2D eigenvalue weighted by atomic mass is 10.1. The third-order valence-electron chi connectivity index (χ3n) is 2.68. The Balaban J connectivity index is 2.47. The van der Waals surface area contributed by atoms with Crippen molar-refractivity contribution in [1.82, 2.24) is 4.98 Å². The van der Waals surface area contributed by atoms with Gasteiger partial charge in [-0.05, 0) is 18.2 Å². The van der Waals surface area contributed by atoms with Crippen LogP contribution in [-0.2, 0) is 10.0 Å². The van der Waals surface area contributed by atoms with Crippen molar-refractivity contribution in [2.75, 3.05) is 24.3 Å². The topological polar surface area (TPSA) is 68.3 Å². The van der Waals surface area contributed by atoms with Crippen LogP contribution < -0.4 is 9.46 Å². The van der Waals surface area contributed by atoms with Gasteiger partial charge in [-0.2, -0.15) is 0 Å². The number of sulfonamides is 1. The number of anilines is 1. The molecule has 0 unspecified atom stereocenters. The maximum atomic E-state index is 12.4. The molecule has 1 aromatic carbocycles. The van der Waals surface area contributed by atoms with Crippen molar-refractivity contribution in [3.63, 3.8) is 0 Å². The number of nitrogens with zero attached hydrogens (tertiary/aromatic N) is 1. The molecule has 0 saturated heterocycles. The standard InChI is InChI=1S/C14H14ClFN2O3S/c1-22(19,20)18-10-2-3-11(14(8-10)21-7-5-16)12-9-17-6-4-13(12)15/h2-4,6,8-9,18H,5,7H2,1H3. The lowest BCUT2D eigenvalue weighted by molar-refractivity contribution is 0.274. The maximum absolute atomic E-state index is 12.4. The molecule has 0 aliphatic heterocycles. The van der Waals surface area contributed by atoms with E-state index in [9.17, 15) is 12.8 Å². The van der Waals surface area contributed by atoms with Crippen LogP contribution in [0.2, 0.25) is 5.02 Å². The van der Waals surface area contributed by atoms with Crippen molar-refractivity contribution in [1.29, 1.82) is 0 Å². The number of nitrogens with one attached hydrogen (secondary N) is 1. The van der Waals surface area contributed by atoms with Crippen LogP contribution in [0.15, 0.2) is 36.7 Å².